The SMILES string of the molecule is COc1cc(C#N)ccc1OC(=O)/C=C/c1cccc(Cl)c1. The molecule has 0 atom stereocenters. The predicted molar refractivity (Wildman–Crippen MR) is 83.8 cm³/mol. The number of hydrogen-bond donors (Lipinski definition) is 0. The second-order valence-corrected chi connectivity index (χ2v) is 4.72. The van der Waals surface area contributed by atoms with Crippen molar-refractivity contribution in [3.63, 3.8) is 0 Å². The van der Waals surface area contributed by atoms with Gasteiger partial charge in [0.15, 0.2) is 11.5 Å². The van der Waals surface area contributed by atoms with Crippen LogP contribution in [-0.4, -0.2) is 13.1 Å². The van der Waals surface area contributed by atoms with Crippen molar-refractivity contribution in [2.75, 3.05) is 7.11 Å². The molecule has 0 saturated carbocycles. The molecular formula is C17H12ClNO3. The smallest absolute Gasteiger partial charge is 0.336 e. The van der Waals surface area contributed by atoms with E-state index in [2.05, 4.69) is 0 Å². The van der Waals surface area contributed by atoms with Crippen LogP contribution in [0.3, 0.4) is 0 Å². The third kappa shape index (κ3) is 4.11. The molecule has 0 spiro atoms. The maximum atomic E-state index is 11.8. The van der Waals surface area contributed by atoms with Gasteiger partial charge in [0.25, 0.3) is 0 Å². The van der Waals surface area contributed by atoms with E-state index in [1.165, 1.54) is 25.3 Å². The number of halogens is 1. The van der Waals surface area contributed by atoms with Crippen LogP contribution in [0.4, 0.5) is 0 Å². The van der Waals surface area contributed by atoms with Gasteiger partial charge in [-0.15, -0.1) is 0 Å². The molecule has 0 amide bonds. The molecule has 2 aromatic carbocycles. The van der Waals surface area contributed by atoms with E-state index in [0.717, 1.165) is 5.56 Å². The number of esters is 1. The third-order valence-electron chi connectivity index (χ3n) is 2.76. The van der Waals surface area contributed by atoms with E-state index in [0.29, 0.717) is 16.3 Å². The molecule has 0 aliphatic heterocycles. The van der Waals surface area contributed by atoms with Gasteiger partial charge in [0.05, 0.1) is 18.7 Å². The Kier molecular flexibility index (Phi) is 5.18. The monoisotopic (exact) mass is 313 g/mol. The lowest BCUT2D eigenvalue weighted by Crippen LogP contribution is -2.05. The fourth-order valence-corrected chi connectivity index (χ4v) is 1.94. The summed E-state index contributed by atoms with van der Waals surface area (Å²) < 4.78 is 10.3. The second kappa shape index (κ2) is 7.30. The summed E-state index contributed by atoms with van der Waals surface area (Å²) in [5.74, 6) is 0.0220. The number of rotatable bonds is 4. The lowest BCUT2D eigenvalue weighted by atomic mass is 10.2. The lowest BCUT2D eigenvalue weighted by Gasteiger charge is -2.07. The van der Waals surface area contributed by atoms with E-state index in [1.54, 1.807) is 30.3 Å². The van der Waals surface area contributed by atoms with Gasteiger partial charge in [-0.1, -0.05) is 23.7 Å². The predicted octanol–water partition coefficient (Wildman–Crippen LogP) is 3.84. The largest absolute Gasteiger partial charge is 0.493 e. The number of ether oxygens (including phenoxy) is 2. The molecule has 0 N–H and O–H groups in total. The number of methoxy groups -OCH3 is 1. The Morgan fingerprint density at radius 1 is 1.23 bits per heavy atom. The zero-order valence-corrected chi connectivity index (χ0v) is 12.5. The van der Waals surface area contributed by atoms with Gasteiger partial charge in [-0.3, -0.25) is 0 Å². The molecule has 0 fully saturated rings. The lowest BCUT2D eigenvalue weighted by molar-refractivity contribution is -0.129. The molecule has 0 heterocycles. The summed E-state index contributed by atoms with van der Waals surface area (Å²) in [6.07, 6.45) is 2.90. The van der Waals surface area contributed by atoms with E-state index in [1.807, 2.05) is 12.1 Å². The molecule has 4 nitrogen and oxygen atoms in total. The maximum Gasteiger partial charge on any atom is 0.336 e. The zero-order valence-electron chi connectivity index (χ0n) is 11.7. The number of nitriles is 1. The highest BCUT2D eigenvalue weighted by atomic mass is 35.5. The van der Waals surface area contributed by atoms with Crippen LogP contribution >= 0.6 is 11.6 Å². The van der Waals surface area contributed by atoms with Crippen LogP contribution in [0.2, 0.25) is 5.02 Å². The molecule has 0 radical (unpaired) electrons. The Morgan fingerprint density at radius 2 is 2.05 bits per heavy atom. The molecule has 5 heteroatoms. The van der Waals surface area contributed by atoms with Gasteiger partial charge in [-0.2, -0.15) is 5.26 Å². The third-order valence-corrected chi connectivity index (χ3v) is 3.00. The first-order chi connectivity index (χ1) is 10.6. The first-order valence-electron chi connectivity index (χ1n) is 6.36. The Bertz CT molecular complexity index is 763. The Hall–Kier alpha value is -2.77. The van der Waals surface area contributed by atoms with Crippen molar-refractivity contribution in [1.82, 2.24) is 0 Å². The zero-order chi connectivity index (χ0) is 15.9. The van der Waals surface area contributed by atoms with Crippen molar-refractivity contribution in [3.8, 4) is 17.6 Å². The Balaban J connectivity index is 2.11. The summed E-state index contributed by atoms with van der Waals surface area (Å²) in [6.45, 7) is 0. The average Bonchev–Trinajstić information content (AvgIpc) is 2.53. The highest BCUT2D eigenvalue weighted by Gasteiger charge is 2.08. The van der Waals surface area contributed by atoms with Gasteiger partial charge in [0.2, 0.25) is 0 Å². The van der Waals surface area contributed by atoms with Gasteiger partial charge < -0.3 is 9.47 Å². The maximum absolute atomic E-state index is 11.8. The molecule has 0 aromatic heterocycles. The van der Waals surface area contributed by atoms with Gasteiger partial charge in [0, 0.05) is 17.2 Å². The number of benzene rings is 2. The summed E-state index contributed by atoms with van der Waals surface area (Å²) in [6, 6.07) is 13.6. The van der Waals surface area contributed by atoms with E-state index in [4.69, 9.17) is 26.3 Å². The van der Waals surface area contributed by atoms with Gasteiger partial charge in [0.1, 0.15) is 0 Å². The minimum atomic E-state index is -0.553. The van der Waals surface area contributed by atoms with Crippen molar-refractivity contribution in [1.29, 1.82) is 5.26 Å². The van der Waals surface area contributed by atoms with Gasteiger partial charge >= 0.3 is 5.97 Å². The molecular weight excluding hydrogens is 302 g/mol. The van der Waals surface area contributed by atoms with E-state index in [9.17, 15) is 4.79 Å². The van der Waals surface area contributed by atoms with E-state index >= 15 is 0 Å². The quantitative estimate of drug-likeness (QED) is 0.489. The van der Waals surface area contributed by atoms with Gasteiger partial charge in [-0.05, 0) is 35.9 Å². The number of nitrogens with zero attached hydrogens (tertiary/aromatic N) is 1. The normalized spacial score (nSPS) is 10.2. The van der Waals surface area contributed by atoms with Crippen LogP contribution in [0, 0.1) is 11.3 Å². The van der Waals surface area contributed by atoms with Crippen molar-refractivity contribution >= 4 is 23.6 Å². The topological polar surface area (TPSA) is 59.3 Å². The molecule has 0 bridgehead atoms. The van der Waals surface area contributed by atoms with Gasteiger partial charge in [-0.25, -0.2) is 4.79 Å². The van der Waals surface area contributed by atoms with Crippen LogP contribution in [0.1, 0.15) is 11.1 Å². The summed E-state index contributed by atoms with van der Waals surface area (Å²) in [4.78, 5) is 11.8. The summed E-state index contributed by atoms with van der Waals surface area (Å²) >= 11 is 5.87. The van der Waals surface area contributed by atoms with Crippen molar-refractivity contribution in [3.05, 3.63) is 64.7 Å². The van der Waals surface area contributed by atoms with E-state index in [-0.39, 0.29) is 5.75 Å². The van der Waals surface area contributed by atoms with Crippen molar-refractivity contribution in [2.45, 2.75) is 0 Å². The average molecular weight is 314 g/mol. The summed E-state index contributed by atoms with van der Waals surface area (Å²) in [5.41, 5.74) is 1.21. The van der Waals surface area contributed by atoms with Crippen molar-refractivity contribution in [2.24, 2.45) is 0 Å². The van der Waals surface area contributed by atoms with Crippen LogP contribution in [0.15, 0.2) is 48.5 Å². The molecule has 110 valence electrons. The minimum absolute atomic E-state index is 0.252. The summed E-state index contributed by atoms with van der Waals surface area (Å²) in [5, 5.41) is 9.42. The summed E-state index contributed by atoms with van der Waals surface area (Å²) in [7, 11) is 1.44. The van der Waals surface area contributed by atoms with Crippen LogP contribution in [0.5, 0.6) is 11.5 Å². The Labute approximate surface area is 133 Å². The highest BCUT2D eigenvalue weighted by Crippen LogP contribution is 2.28. The molecule has 2 aromatic rings. The molecule has 22 heavy (non-hydrogen) atoms. The number of carbonyl (C=O) groups is 1. The van der Waals surface area contributed by atoms with Crippen LogP contribution in [0.25, 0.3) is 6.08 Å². The molecule has 0 aliphatic carbocycles. The molecule has 0 unspecified atom stereocenters. The first kappa shape index (κ1) is 15.6. The molecule has 0 aliphatic rings. The van der Waals surface area contributed by atoms with Crippen LogP contribution < -0.4 is 9.47 Å². The number of carbonyl (C=O) groups excluding carboxylic acids is 1. The minimum Gasteiger partial charge on any atom is -0.493 e. The second-order valence-electron chi connectivity index (χ2n) is 4.29. The fourth-order valence-electron chi connectivity index (χ4n) is 1.74. The fraction of sp³-hybridized carbons (Fsp3) is 0.0588. The molecule has 2 rings (SSSR count). The van der Waals surface area contributed by atoms with E-state index < -0.39 is 5.97 Å². The first-order valence-corrected chi connectivity index (χ1v) is 6.74. The van der Waals surface area contributed by atoms with Crippen molar-refractivity contribution < 1.29 is 14.3 Å². The molecule has 0 saturated heterocycles. The van der Waals surface area contributed by atoms with Crippen LogP contribution in [-0.2, 0) is 4.79 Å². The highest BCUT2D eigenvalue weighted by molar-refractivity contribution is 6.30. The standard InChI is InChI=1S/C17H12ClNO3/c1-21-16-10-13(11-19)5-7-15(16)22-17(20)8-6-12-3-2-4-14(18)9-12/h2-10H,1H3/b8-6+. The Morgan fingerprint density at radius 3 is 2.73 bits per heavy atom. The number of hydrogen-bond acceptors (Lipinski definition) is 4.